The van der Waals surface area contributed by atoms with E-state index in [1.54, 1.807) is 18.5 Å². The summed E-state index contributed by atoms with van der Waals surface area (Å²) < 4.78 is 5.27. The van der Waals surface area contributed by atoms with Crippen LogP contribution in [0, 0.1) is 0 Å². The van der Waals surface area contributed by atoms with E-state index in [1.807, 2.05) is 6.07 Å². The summed E-state index contributed by atoms with van der Waals surface area (Å²) in [4.78, 5) is 26.6. The lowest BCUT2D eigenvalue weighted by Crippen LogP contribution is -2.38. The number of pyridine rings is 1. The highest BCUT2D eigenvalue weighted by Gasteiger charge is 2.36. The molecule has 0 bridgehead atoms. The van der Waals surface area contributed by atoms with Crippen molar-refractivity contribution in [1.29, 1.82) is 0 Å². The van der Waals surface area contributed by atoms with Gasteiger partial charge in [0.15, 0.2) is 0 Å². The average Bonchev–Trinajstić information content (AvgIpc) is 2.42. The van der Waals surface area contributed by atoms with Gasteiger partial charge in [-0.05, 0) is 24.5 Å². The molecule has 1 aliphatic heterocycles. The first-order valence-corrected chi connectivity index (χ1v) is 7.00. The van der Waals surface area contributed by atoms with Crippen molar-refractivity contribution in [3.63, 3.8) is 0 Å². The molecule has 1 saturated heterocycles. The van der Waals surface area contributed by atoms with Gasteiger partial charge in [0.1, 0.15) is 5.78 Å². The molecule has 2 heterocycles. The number of hydrogen-bond donors (Lipinski definition) is 2. The molecular weight excluding hydrogens is 273 g/mol. The molecule has 0 saturated carbocycles. The van der Waals surface area contributed by atoms with Gasteiger partial charge in [0.25, 0.3) is 0 Å². The largest absolute Gasteiger partial charge is 0.481 e. The van der Waals surface area contributed by atoms with E-state index in [9.17, 15) is 14.6 Å². The number of carboxylic acids is 1. The van der Waals surface area contributed by atoms with E-state index in [2.05, 4.69) is 4.98 Å². The lowest BCUT2D eigenvalue weighted by atomic mass is 9.64. The van der Waals surface area contributed by atoms with Crippen LogP contribution in [-0.2, 0) is 20.7 Å². The van der Waals surface area contributed by atoms with Crippen LogP contribution in [0.1, 0.15) is 31.2 Å². The molecule has 2 N–H and O–H groups in total. The van der Waals surface area contributed by atoms with Crippen LogP contribution in [-0.4, -0.2) is 40.1 Å². The van der Waals surface area contributed by atoms with Gasteiger partial charge in [0.2, 0.25) is 0 Å². The second-order valence-electron chi connectivity index (χ2n) is 5.36. The van der Waals surface area contributed by atoms with E-state index in [1.165, 1.54) is 0 Å². The number of aromatic nitrogens is 1. The van der Waals surface area contributed by atoms with Crippen molar-refractivity contribution in [1.82, 2.24) is 4.98 Å². The second-order valence-corrected chi connectivity index (χ2v) is 5.36. The van der Waals surface area contributed by atoms with Gasteiger partial charge in [-0.15, -0.1) is 0 Å². The number of carbonyl (C=O) groups excluding carboxylic acids is 1. The molecule has 112 valence electrons. The molecule has 7 heteroatoms. The van der Waals surface area contributed by atoms with Crippen LogP contribution in [0.4, 0.5) is 0 Å². The lowest BCUT2D eigenvalue weighted by Gasteiger charge is -2.30. The van der Waals surface area contributed by atoms with Crippen LogP contribution >= 0.6 is 0 Å². The zero-order chi connectivity index (χ0) is 15.2. The number of aliphatic carboxylic acids is 1. The number of Topliss-reactive ketones (excluding diaryl/α,β-unsaturated/α-hetero) is 1. The zero-order valence-electron chi connectivity index (χ0n) is 11.6. The predicted molar refractivity (Wildman–Crippen MR) is 75.6 cm³/mol. The molecule has 0 aliphatic carbocycles. The smallest absolute Gasteiger partial charge is 0.458 e. The summed E-state index contributed by atoms with van der Waals surface area (Å²) in [6.07, 6.45) is 4.37. The first-order valence-electron chi connectivity index (χ1n) is 7.00. The van der Waals surface area contributed by atoms with Gasteiger partial charge in [-0.25, -0.2) is 0 Å². The molecule has 0 radical (unpaired) electrons. The Hall–Kier alpha value is -1.73. The lowest BCUT2D eigenvalue weighted by molar-refractivity contribution is -0.139. The van der Waals surface area contributed by atoms with Crippen molar-refractivity contribution in [2.45, 2.75) is 44.0 Å². The van der Waals surface area contributed by atoms with Crippen LogP contribution in [0.25, 0.3) is 0 Å². The molecule has 2 atom stereocenters. The minimum atomic E-state index is -1.07. The molecule has 21 heavy (non-hydrogen) atoms. The maximum absolute atomic E-state index is 12.0. The van der Waals surface area contributed by atoms with Crippen molar-refractivity contribution in [2.75, 3.05) is 0 Å². The van der Waals surface area contributed by atoms with Crippen LogP contribution in [0.3, 0.4) is 0 Å². The molecule has 1 aliphatic rings. The Morgan fingerprint density at radius 1 is 1.38 bits per heavy atom. The van der Waals surface area contributed by atoms with Crippen molar-refractivity contribution >= 4 is 18.9 Å². The van der Waals surface area contributed by atoms with Gasteiger partial charge in [0, 0.05) is 31.1 Å². The Bertz CT molecular complexity index is 495. The summed E-state index contributed by atoms with van der Waals surface area (Å²) in [7, 11) is -1.07. The fourth-order valence-electron chi connectivity index (χ4n) is 2.56. The Morgan fingerprint density at radius 3 is 2.81 bits per heavy atom. The van der Waals surface area contributed by atoms with Gasteiger partial charge >= 0.3 is 13.1 Å². The third-order valence-corrected chi connectivity index (χ3v) is 3.61. The first kappa shape index (κ1) is 15.7. The number of ketones is 1. The zero-order valence-corrected chi connectivity index (χ0v) is 11.6. The van der Waals surface area contributed by atoms with Gasteiger partial charge in [-0.1, -0.05) is 6.07 Å². The van der Waals surface area contributed by atoms with Crippen LogP contribution in [0.15, 0.2) is 24.5 Å². The minimum absolute atomic E-state index is 0.0207. The molecule has 1 aromatic rings. The summed E-state index contributed by atoms with van der Waals surface area (Å²) >= 11 is 0. The maximum Gasteiger partial charge on any atom is 0.458 e. The number of nitrogens with zero attached hydrogens (tertiary/aromatic N) is 1. The summed E-state index contributed by atoms with van der Waals surface area (Å²) in [6, 6.07) is 3.61. The fraction of sp³-hybridized carbons (Fsp3) is 0.500. The third-order valence-electron chi connectivity index (χ3n) is 3.61. The highest BCUT2D eigenvalue weighted by molar-refractivity contribution is 6.45. The third kappa shape index (κ3) is 4.95. The monoisotopic (exact) mass is 291 g/mol. The average molecular weight is 291 g/mol. The molecule has 0 unspecified atom stereocenters. The number of carboxylic acid groups (broad SMARTS) is 1. The van der Waals surface area contributed by atoms with E-state index < -0.39 is 19.2 Å². The molecule has 0 aromatic carbocycles. The molecule has 2 rings (SSSR count). The van der Waals surface area contributed by atoms with Crippen molar-refractivity contribution in [3.05, 3.63) is 30.1 Å². The topological polar surface area (TPSA) is 96.7 Å². The van der Waals surface area contributed by atoms with Gasteiger partial charge < -0.3 is 14.8 Å². The molecular formula is C14H18BNO5. The number of hydrogen-bond acceptors (Lipinski definition) is 5. The normalized spacial score (nSPS) is 22.0. The predicted octanol–water partition coefficient (Wildman–Crippen LogP) is 1.09. The molecule has 0 spiro atoms. The van der Waals surface area contributed by atoms with Crippen LogP contribution in [0.2, 0.25) is 5.82 Å². The number of rotatable bonds is 6. The van der Waals surface area contributed by atoms with Crippen molar-refractivity contribution < 1.29 is 24.4 Å². The van der Waals surface area contributed by atoms with E-state index in [0.29, 0.717) is 12.8 Å². The Labute approximate surface area is 123 Å². The highest BCUT2D eigenvalue weighted by Crippen LogP contribution is 2.31. The minimum Gasteiger partial charge on any atom is -0.481 e. The van der Waals surface area contributed by atoms with Crippen molar-refractivity contribution in [2.24, 2.45) is 0 Å². The fourth-order valence-corrected chi connectivity index (χ4v) is 2.56. The molecule has 1 aromatic heterocycles. The van der Waals surface area contributed by atoms with Gasteiger partial charge in [0.05, 0.1) is 12.5 Å². The number of carbonyl (C=O) groups is 2. The first-order chi connectivity index (χ1) is 10.0. The summed E-state index contributed by atoms with van der Waals surface area (Å²) in [5, 5.41) is 18.6. The summed E-state index contributed by atoms with van der Waals surface area (Å²) in [5.74, 6) is -1.19. The van der Waals surface area contributed by atoms with E-state index in [0.717, 1.165) is 5.56 Å². The second kappa shape index (κ2) is 7.33. The molecule has 6 nitrogen and oxygen atoms in total. The van der Waals surface area contributed by atoms with Gasteiger partial charge in [-0.3, -0.25) is 14.6 Å². The summed E-state index contributed by atoms with van der Waals surface area (Å²) in [5.41, 5.74) is 0.845. The molecule has 0 amide bonds. The maximum atomic E-state index is 12.0. The quantitative estimate of drug-likeness (QED) is 0.761. The van der Waals surface area contributed by atoms with E-state index >= 15 is 0 Å². The Kier molecular flexibility index (Phi) is 5.47. The van der Waals surface area contributed by atoms with Gasteiger partial charge in [-0.2, -0.15) is 0 Å². The SMILES string of the molecule is O=C(O)C[C@@H]1CC[C@H](CC(=O)Cc2cccnc2)B(O)O1. The van der Waals surface area contributed by atoms with Crippen LogP contribution < -0.4 is 0 Å². The Morgan fingerprint density at radius 2 is 2.19 bits per heavy atom. The molecule has 1 fully saturated rings. The van der Waals surface area contributed by atoms with Crippen molar-refractivity contribution in [3.8, 4) is 0 Å². The highest BCUT2D eigenvalue weighted by atomic mass is 16.5. The summed E-state index contributed by atoms with van der Waals surface area (Å²) in [6.45, 7) is 0. The Balaban J connectivity index is 1.81. The van der Waals surface area contributed by atoms with E-state index in [-0.39, 0.29) is 30.9 Å². The van der Waals surface area contributed by atoms with Crippen LogP contribution in [0.5, 0.6) is 0 Å². The van der Waals surface area contributed by atoms with E-state index in [4.69, 9.17) is 9.76 Å². The standard InChI is InChI=1S/C14H18BNO5/c17-12(6-10-2-1-5-16-9-10)7-11-3-4-13(8-14(18)19)21-15(11)20/h1-2,5,9,11,13,20H,3-4,6-8H2,(H,18,19)/t11-,13+/m1/s1.